The molecule has 3 aromatic rings. The van der Waals surface area contributed by atoms with Gasteiger partial charge in [0.15, 0.2) is 4.34 Å². The molecule has 0 atom stereocenters. The van der Waals surface area contributed by atoms with Crippen LogP contribution < -0.4 is 10.1 Å². The molecule has 134 valence electrons. The Balaban J connectivity index is 1.51. The van der Waals surface area contributed by atoms with E-state index in [4.69, 9.17) is 4.74 Å². The van der Waals surface area contributed by atoms with Crippen molar-refractivity contribution in [3.8, 4) is 5.75 Å². The minimum absolute atomic E-state index is 0.159. The Morgan fingerprint density at radius 2 is 2.00 bits per heavy atom. The lowest BCUT2D eigenvalue weighted by atomic mass is 10.1. The fourth-order valence-corrected chi connectivity index (χ4v) is 3.89. The molecule has 3 rings (SSSR count). The smallest absolute Gasteiger partial charge is 0.230 e. The standard InChI is InChI=1S/C18H16FN3O2S2/c1-24-15-7-5-12(6-8-15)10-16(23)20-17-21-22-18(26-17)25-11-13-3-2-4-14(19)9-13/h2-9H,10-11H2,1H3,(H,20,21,23). The summed E-state index contributed by atoms with van der Waals surface area (Å²) in [6.07, 6.45) is 0.245. The van der Waals surface area contributed by atoms with Crippen LogP contribution in [0.3, 0.4) is 0 Å². The van der Waals surface area contributed by atoms with E-state index in [1.165, 1.54) is 35.2 Å². The second-order valence-corrected chi connectivity index (χ2v) is 7.56. The first kappa shape index (κ1) is 18.3. The summed E-state index contributed by atoms with van der Waals surface area (Å²) in [6.45, 7) is 0. The molecule has 0 bridgehead atoms. The first-order valence-corrected chi connectivity index (χ1v) is 9.56. The average molecular weight is 389 g/mol. The summed E-state index contributed by atoms with van der Waals surface area (Å²) in [5, 5.41) is 11.2. The monoisotopic (exact) mass is 389 g/mol. The highest BCUT2D eigenvalue weighted by Crippen LogP contribution is 2.28. The molecule has 2 aromatic carbocycles. The zero-order valence-electron chi connectivity index (χ0n) is 13.9. The van der Waals surface area contributed by atoms with Crippen molar-refractivity contribution in [3.05, 3.63) is 65.5 Å². The van der Waals surface area contributed by atoms with Crippen molar-refractivity contribution >= 4 is 34.1 Å². The fraction of sp³-hybridized carbons (Fsp3) is 0.167. The number of carbonyl (C=O) groups excluding carboxylic acids is 1. The van der Waals surface area contributed by atoms with Crippen LogP contribution in [-0.2, 0) is 17.0 Å². The van der Waals surface area contributed by atoms with Gasteiger partial charge >= 0.3 is 0 Å². The molecule has 1 heterocycles. The number of rotatable bonds is 7. The second-order valence-electron chi connectivity index (χ2n) is 5.36. The van der Waals surface area contributed by atoms with Gasteiger partial charge in [-0.2, -0.15) is 0 Å². The third-order valence-electron chi connectivity index (χ3n) is 3.43. The van der Waals surface area contributed by atoms with Gasteiger partial charge in [0.25, 0.3) is 0 Å². The maximum atomic E-state index is 13.2. The summed E-state index contributed by atoms with van der Waals surface area (Å²) in [6, 6.07) is 13.8. The first-order valence-electron chi connectivity index (χ1n) is 7.76. The van der Waals surface area contributed by atoms with Gasteiger partial charge in [-0.15, -0.1) is 10.2 Å². The van der Waals surface area contributed by atoms with E-state index >= 15 is 0 Å². The molecule has 8 heteroatoms. The van der Waals surface area contributed by atoms with Crippen LogP contribution in [0.4, 0.5) is 9.52 Å². The van der Waals surface area contributed by atoms with Crippen LogP contribution in [-0.4, -0.2) is 23.2 Å². The molecule has 0 saturated heterocycles. The predicted octanol–water partition coefficient (Wildman–Crippen LogP) is 4.16. The molecule has 0 unspecified atom stereocenters. The third kappa shape index (κ3) is 5.27. The number of carbonyl (C=O) groups is 1. The maximum Gasteiger partial charge on any atom is 0.230 e. The Morgan fingerprint density at radius 1 is 1.19 bits per heavy atom. The van der Waals surface area contributed by atoms with Crippen molar-refractivity contribution in [2.45, 2.75) is 16.5 Å². The van der Waals surface area contributed by atoms with E-state index in [0.717, 1.165) is 16.9 Å². The zero-order chi connectivity index (χ0) is 18.4. The van der Waals surface area contributed by atoms with Gasteiger partial charge in [-0.1, -0.05) is 47.4 Å². The van der Waals surface area contributed by atoms with Crippen molar-refractivity contribution in [2.24, 2.45) is 0 Å². The van der Waals surface area contributed by atoms with Gasteiger partial charge in [-0.3, -0.25) is 4.79 Å². The summed E-state index contributed by atoms with van der Waals surface area (Å²) in [7, 11) is 1.60. The zero-order valence-corrected chi connectivity index (χ0v) is 15.6. The lowest BCUT2D eigenvalue weighted by molar-refractivity contribution is -0.115. The average Bonchev–Trinajstić information content (AvgIpc) is 3.08. The molecule has 0 saturated carbocycles. The Labute approximate surface area is 158 Å². The number of halogens is 1. The molecule has 0 aliphatic carbocycles. The summed E-state index contributed by atoms with van der Waals surface area (Å²) in [4.78, 5) is 12.1. The summed E-state index contributed by atoms with van der Waals surface area (Å²) >= 11 is 2.75. The van der Waals surface area contributed by atoms with Gasteiger partial charge in [0.1, 0.15) is 11.6 Å². The highest BCUT2D eigenvalue weighted by atomic mass is 32.2. The molecule has 1 amide bonds. The maximum absolute atomic E-state index is 13.2. The number of anilines is 1. The molecule has 0 fully saturated rings. The molecule has 0 radical (unpaired) electrons. The van der Waals surface area contributed by atoms with Gasteiger partial charge in [0, 0.05) is 5.75 Å². The normalized spacial score (nSPS) is 10.5. The van der Waals surface area contributed by atoms with Crippen LogP contribution in [0, 0.1) is 5.82 Å². The summed E-state index contributed by atoms with van der Waals surface area (Å²) < 4.78 is 19.0. The van der Waals surface area contributed by atoms with E-state index in [0.29, 0.717) is 15.2 Å². The Hall–Kier alpha value is -2.45. The van der Waals surface area contributed by atoms with Crippen LogP contribution in [0.2, 0.25) is 0 Å². The number of aromatic nitrogens is 2. The number of nitrogens with zero attached hydrogens (tertiary/aromatic N) is 2. The molecule has 1 N–H and O–H groups in total. The lowest BCUT2D eigenvalue weighted by Gasteiger charge is -2.03. The van der Waals surface area contributed by atoms with Gasteiger partial charge in [-0.25, -0.2) is 4.39 Å². The number of nitrogens with one attached hydrogen (secondary N) is 1. The van der Waals surface area contributed by atoms with E-state index in [1.54, 1.807) is 13.2 Å². The topological polar surface area (TPSA) is 64.1 Å². The molecular weight excluding hydrogens is 373 g/mol. The van der Waals surface area contributed by atoms with Gasteiger partial charge < -0.3 is 10.1 Å². The highest BCUT2D eigenvalue weighted by molar-refractivity contribution is 8.00. The molecule has 0 aliphatic heterocycles. The highest BCUT2D eigenvalue weighted by Gasteiger charge is 2.10. The van der Waals surface area contributed by atoms with Crippen LogP contribution in [0.1, 0.15) is 11.1 Å². The number of benzene rings is 2. The van der Waals surface area contributed by atoms with Crippen LogP contribution in [0.25, 0.3) is 0 Å². The van der Waals surface area contributed by atoms with Crippen molar-refractivity contribution < 1.29 is 13.9 Å². The Morgan fingerprint density at radius 3 is 2.73 bits per heavy atom. The van der Waals surface area contributed by atoms with Crippen molar-refractivity contribution in [1.29, 1.82) is 0 Å². The molecule has 0 aliphatic rings. The minimum Gasteiger partial charge on any atom is -0.497 e. The SMILES string of the molecule is COc1ccc(CC(=O)Nc2nnc(SCc3cccc(F)c3)s2)cc1. The van der Waals surface area contributed by atoms with E-state index < -0.39 is 0 Å². The van der Waals surface area contributed by atoms with E-state index in [-0.39, 0.29) is 18.1 Å². The van der Waals surface area contributed by atoms with Gasteiger partial charge in [0.2, 0.25) is 11.0 Å². The van der Waals surface area contributed by atoms with E-state index in [1.807, 2.05) is 30.3 Å². The minimum atomic E-state index is -0.258. The number of thioether (sulfide) groups is 1. The molecule has 1 aromatic heterocycles. The predicted molar refractivity (Wildman–Crippen MR) is 101 cm³/mol. The van der Waals surface area contributed by atoms with Crippen molar-refractivity contribution in [2.75, 3.05) is 12.4 Å². The fourth-order valence-electron chi connectivity index (χ4n) is 2.18. The quantitative estimate of drug-likeness (QED) is 0.486. The Kier molecular flexibility index (Phi) is 6.19. The molecule has 26 heavy (non-hydrogen) atoms. The molecular formula is C18H16FN3O2S2. The summed E-state index contributed by atoms with van der Waals surface area (Å²) in [5.74, 6) is 0.921. The van der Waals surface area contributed by atoms with Crippen molar-refractivity contribution in [1.82, 2.24) is 10.2 Å². The van der Waals surface area contributed by atoms with Crippen LogP contribution >= 0.6 is 23.1 Å². The third-order valence-corrected chi connectivity index (χ3v) is 5.47. The van der Waals surface area contributed by atoms with Gasteiger partial charge in [-0.05, 0) is 35.4 Å². The lowest BCUT2D eigenvalue weighted by Crippen LogP contribution is -2.14. The largest absolute Gasteiger partial charge is 0.497 e. The van der Waals surface area contributed by atoms with E-state index in [9.17, 15) is 9.18 Å². The Bertz CT molecular complexity index is 884. The van der Waals surface area contributed by atoms with Crippen LogP contribution in [0.5, 0.6) is 5.75 Å². The van der Waals surface area contributed by atoms with E-state index in [2.05, 4.69) is 15.5 Å². The summed E-state index contributed by atoms with van der Waals surface area (Å²) in [5.41, 5.74) is 1.75. The first-order chi connectivity index (χ1) is 12.6. The second kappa shape index (κ2) is 8.77. The molecule has 0 spiro atoms. The number of ether oxygens (including phenoxy) is 1. The number of hydrogen-bond donors (Lipinski definition) is 1. The number of amides is 1. The molecule has 5 nitrogen and oxygen atoms in total. The van der Waals surface area contributed by atoms with Gasteiger partial charge in [0.05, 0.1) is 13.5 Å². The number of methoxy groups -OCH3 is 1. The van der Waals surface area contributed by atoms with Crippen molar-refractivity contribution in [3.63, 3.8) is 0 Å². The number of hydrogen-bond acceptors (Lipinski definition) is 6. The van der Waals surface area contributed by atoms with Crippen LogP contribution in [0.15, 0.2) is 52.9 Å².